The van der Waals surface area contributed by atoms with Gasteiger partial charge in [-0.2, -0.15) is 0 Å². The van der Waals surface area contributed by atoms with Gasteiger partial charge in [-0.3, -0.25) is 4.79 Å². The molecular formula is C19H15BrN4O2S. The molecule has 136 valence electrons. The Bertz CT molecular complexity index is 1130. The number of hydrogen-bond donors (Lipinski definition) is 2. The average molecular weight is 443 g/mol. The number of carbonyl (C=O) groups is 1. The topological polar surface area (TPSA) is 79.9 Å². The fraction of sp³-hybridized carbons (Fsp3) is 0.105. The lowest BCUT2D eigenvalue weighted by atomic mass is 10.2. The molecule has 0 aliphatic heterocycles. The molecule has 0 bridgehead atoms. The molecule has 4 rings (SSSR count). The minimum Gasteiger partial charge on any atom is -0.497 e. The van der Waals surface area contributed by atoms with Gasteiger partial charge in [0.25, 0.3) is 0 Å². The van der Waals surface area contributed by atoms with Gasteiger partial charge in [0.2, 0.25) is 5.91 Å². The number of aromatic amines is 1. The smallest absolute Gasteiger partial charge is 0.234 e. The van der Waals surface area contributed by atoms with Crippen molar-refractivity contribution in [1.82, 2.24) is 15.0 Å². The lowest BCUT2D eigenvalue weighted by molar-refractivity contribution is -0.113. The van der Waals surface area contributed by atoms with Crippen LogP contribution in [0.15, 0.2) is 58.3 Å². The zero-order valence-electron chi connectivity index (χ0n) is 14.3. The van der Waals surface area contributed by atoms with E-state index in [0.29, 0.717) is 0 Å². The van der Waals surface area contributed by atoms with Crippen molar-refractivity contribution < 1.29 is 9.53 Å². The van der Waals surface area contributed by atoms with Crippen molar-refractivity contribution in [3.8, 4) is 5.75 Å². The van der Waals surface area contributed by atoms with E-state index in [0.717, 1.165) is 42.9 Å². The summed E-state index contributed by atoms with van der Waals surface area (Å²) in [6.07, 6.45) is 1.53. The summed E-state index contributed by atoms with van der Waals surface area (Å²) in [6, 6.07) is 13.2. The van der Waals surface area contributed by atoms with Crippen LogP contribution in [0, 0.1) is 0 Å². The van der Waals surface area contributed by atoms with E-state index in [-0.39, 0.29) is 11.7 Å². The molecule has 2 N–H and O–H groups in total. The van der Waals surface area contributed by atoms with Crippen molar-refractivity contribution in [2.45, 2.75) is 5.03 Å². The van der Waals surface area contributed by atoms with Gasteiger partial charge in [-0.05, 0) is 42.5 Å². The molecule has 0 spiro atoms. The Hall–Kier alpha value is -2.58. The van der Waals surface area contributed by atoms with Gasteiger partial charge in [-0.25, -0.2) is 9.97 Å². The van der Waals surface area contributed by atoms with Gasteiger partial charge in [0, 0.05) is 21.1 Å². The summed E-state index contributed by atoms with van der Waals surface area (Å²) in [5.41, 5.74) is 3.40. The fourth-order valence-electron chi connectivity index (χ4n) is 2.76. The molecule has 0 aliphatic rings. The third kappa shape index (κ3) is 3.77. The van der Waals surface area contributed by atoms with Crippen LogP contribution in [0.4, 0.5) is 5.69 Å². The van der Waals surface area contributed by atoms with Gasteiger partial charge in [0.1, 0.15) is 22.6 Å². The van der Waals surface area contributed by atoms with Crippen LogP contribution < -0.4 is 10.1 Å². The van der Waals surface area contributed by atoms with E-state index in [2.05, 4.69) is 36.2 Å². The molecule has 0 unspecified atom stereocenters. The molecular weight excluding hydrogens is 428 g/mol. The van der Waals surface area contributed by atoms with Crippen LogP contribution in [-0.2, 0) is 4.79 Å². The summed E-state index contributed by atoms with van der Waals surface area (Å²) in [4.78, 5) is 24.3. The first-order valence-electron chi connectivity index (χ1n) is 8.12. The normalized spacial score (nSPS) is 11.0. The number of thioether (sulfide) groups is 1. The van der Waals surface area contributed by atoms with E-state index >= 15 is 0 Å². The van der Waals surface area contributed by atoms with E-state index in [1.807, 2.05) is 18.2 Å². The minimum absolute atomic E-state index is 0.101. The van der Waals surface area contributed by atoms with E-state index in [1.54, 1.807) is 31.4 Å². The summed E-state index contributed by atoms with van der Waals surface area (Å²) in [7, 11) is 1.61. The zero-order chi connectivity index (χ0) is 18.8. The van der Waals surface area contributed by atoms with Crippen molar-refractivity contribution in [2.75, 3.05) is 18.2 Å². The van der Waals surface area contributed by atoms with Crippen LogP contribution >= 0.6 is 27.7 Å². The maximum absolute atomic E-state index is 12.3. The molecule has 8 heteroatoms. The van der Waals surface area contributed by atoms with Crippen molar-refractivity contribution in [1.29, 1.82) is 0 Å². The van der Waals surface area contributed by atoms with Crippen LogP contribution in [0.2, 0.25) is 0 Å². The van der Waals surface area contributed by atoms with Crippen molar-refractivity contribution in [3.05, 3.63) is 53.3 Å². The SMILES string of the molecule is COc1ccc(NC(=O)CSc2ncnc3c2[nH]c2ccc(Br)cc23)cc1. The highest BCUT2D eigenvalue weighted by Gasteiger charge is 2.13. The Kier molecular flexibility index (Phi) is 5.00. The first kappa shape index (κ1) is 17.8. The number of rotatable bonds is 5. The number of hydrogen-bond acceptors (Lipinski definition) is 5. The molecule has 0 saturated heterocycles. The summed E-state index contributed by atoms with van der Waals surface area (Å²) in [6.45, 7) is 0. The van der Waals surface area contributed by atoms with Gasteiger partial charge < -0.3 is 15.0 Å². The van der Waals surface area contributed by atoms with Gasteiger partial charge >= 0.3 is 0 Å². The van der Waals surface area contributed by atoms with Gasteiger partial charge in [-0.15, -0.1) is 0 Å². The molecule has 27 heavy (non-hydrogen) atoms. The molecule has 0 saturated carbocycles. The number of fused-ring (bicyclic) bond motifs is 3. The largest absolute Gasteiger partial charge is 0.497 e. The van der Waals surface area contributed by atoms with Crippen molar-refractivity contribution >= 4 is 61.2 Å². The minimum atomic E-state index is -0.101. The summed E-state index contributed by atoms with van der Waals surface area (Å²) >= 11 is 4.86. The second-order valence-electron chi connectivity index (χ2n) is 5.78. The highest BCUT2D eigenvalue weighted by atomic mass is 79.9. The van der Waals surface area contributed by atoms with Gasteiger partial charge in [-0.1, -0.05) is 27.7 Å². The third-order valence-electron chi connectivity index (χ3n) is 4.02. The Morgan fingerprint density at radius 2 is 2.04 bits per heavy atom. The van der Waals surface area contributed by atoms with Crippen LogP contribution in [0.25, 0.3) is 21.9 Å². The number of ether oxygens (including phenoxy) is 1. The Morgan fingerprint density at radius 3 is 2.81 bits per heavy atom. The Morgan fingerprint density at radius 1 is 1.22 bits per heavy atom. The highest BCUT2D eigenvalue weighted by Crippen LogP contribution is 2.31. The number of nitrogens with one attached hydrogen (secondary N) is 2. The monoisotopic (exact) mass is 442 g/mol. The molecule has 2 aromatic carbocycles. The number of aromatic nitrogens is 3. The summed E-state index contributed by atoms with van der Waals surface area (Å²) in [5, 5.41) is 4.64. The van der Waals surface area contributed by atoms with Crippen LogP contribution in [0.1, 0.15) is 0 Å². The van der Waals surface area contributed by atoms with E-state index in [9.17, 15) is 4.79 Å². The van der Waals surface area contributed by atoms with Crippen molar-refractivity contribution in [3.63, 3.8) is 0 Å². The lowest BCUT2D eigenvalue weighted by Gasteiger charge is -2.06. The molecule has 2 heterocycles. The standard InChI is InChI=1S/C19H15BrN4O2S/c1-26-13-5-3-12(4-6-13)23-16(25)9-27-19-18-17(21-10-22-19)14-8-11(20)2-7-15(14)24-18/h2-8,10,24H,9H2,1H3,(H,23,25). The van der Waals surface area contributed by atoms with E-state index in [4.69, 9.17) is 4.74 Å². The van der Waals surface area contributed by atoms with Crippen LogP contribution in [0.3, 0.4) is 0 Å². The molecule has 0 atom stereocenters. The zero-order valence-corrected chi connectivity index (χ0v) is 16.7. The fourth-order valence-corrected chi connectivity index (χ4v) is 3.87. The Labute approximate surface area is 167 Å². The summed E-state index contributed by atoms with van der Waals surface area (Å²) < 4.78 is 6.10. The second kappa shape index (κ2) is 7.58. The predicted octanol–water partition coefficient (Wildman–Crippen LogP) is 4.61. The molecule has 2 aromatic heterocycles. The van der Waals surface area contributed by atoms with Crippen molar-refractivity contribution in [2.24, 2.45) is 0 Å². The Balaban J connectivity index is 1.51. The number of amides is 1. The lowest BCUT2D eigenvalue weighted by Crippen LogP contribution is -2.14. The molecule has 1 amide bonds. The van der Waals surface area contributed by atoms with E-state index < -0.39 is 0 Å². The maximum Gasteiger partial charge on any atom is 0.234 e. The molecule has 4 aromatic rings. The number of H-pyrrole nitrogens is 1. The first-order valence-corrected chi connectivity index (χ1v) is 9.90. The molecule has 6 nitrogen and oxygen atoms in total. The van der Waals surface area contributed by atoms with Crippen LogP contribution in [0.5, 0.6) is 5.75 Å². The number of methoxy groups -OCH3 is 1. The number of nitrogens with zero attached hydrogens (tertiary/aromatic N) is 2. The number of carbonyl (C=O) groups excluding carboxylic acids is 1. The first-order chi connectivity index (χ1) is 13.1. The third-order valence-corrected chi connectivity index (χ3v) is 5.51. The number of benzene rings is 2. The number of halogens is 1. The van der Waals surface area contributed by atoms with E-state index in [1.165, 1.54) is 18.1 Å². The summed E-state index contributed by atoms with van der Waals surface area (Å²) in [5.74, 6) is 0.893. The maximum atomic E-state index is 12.3. The second-order valence-corrected chi connectivity index (χ2v) is 7.66. The van der Waals surface area contributed by atoms with Gasteiger partial charge in [0.15, 0.2) is 0 Å². The number of anilines is 1. The quantitative estimate of drug-likeness (QED) is 0.348. The molecule has 0 aliphatic carbocycles. The molecule has 0 fully saturated rings. The average Bonchev–Trinajstić information content (AvgIpc) is 3.05. The highest BCUT2D eigenvalue weighted by molar-refractivity contribution is 9.10. The van der Waals surface area contributed by atoms with Gasteiger partial charge in [0.05, 0.1) is 18.4 Å². The molecule has 0 radical (unpaired) electrons. The predicted molar refractivity (Wildman–Crippen MR) is 111 cm³/mol. The van der Waals surface area contributed by atoms with Crippen LogP contribution in [-0.4, -0.2) is 33.7 Å².